The number of anilines is 1. The van der Waals surface area contributed by atoms with Gasteiger partial charge < -0.3 is 15.0 Å². The number of hydrogen-bond donors (Lipinski definition) is 1. The number of hydrogen-bond acceptors (Lipinski definition) is 4. The lowest BCUT2D eigenvalue weighted by molar-refractivity contribution is 0.454. The number of nitrogens with zero attached hydrogens (tertiary/aromatic N) is 2. The Morgan fingerprint density at radius 3 is 2.79 bits per heavy atom. The van der Waals surface area contributed by atoms with E-state index in [0.29, 0.717) is 5.88 Å². The largest absolute Gasteiger partial charge is 0.439 e. The number of rotatable bonds is 5. The minimum Gasteiger partial charge on any atom is -0.439 e. The van der Waals surface area contributed by atoms with Crippen LogP contribution >= 0.6 is 0 Å². The predicted octanol–water partition coefficient (Wildman–Crippen LogP) is 2.66. The highest BCUT2D eigenvalue weighted by Crippen LogP contribution is 2.26. The van der Waals surface area contributed by atoms with E-state index in [1.807, 2.05) is 62.4 Å². The molecule has 0 saturated heterocycles. The second-order valence-electron chi connectivity index (χ2n) is 4.49. The number of benzene rings is 1. The molecular formula is C15H19N3O. The van der Waals surface area contributed by atoms with Crippen molar-refractivity contribution in [2.75, 3.05) is 26.0 Å². The first-order valence-electron chi connectivity index (χ1n) is 6.24. The highest BCUT2D eigenvalue weighted by atomic mass is 16.5. The van der Waals surface area contributed by atoms with Gasteiger partial charge in [0.1, 0.15) is 5.75 Å². The van der Waals surface area contributed by atoms with Gasteiger partial charge in [0.2, 0.25) is 5.88 Å². The van der Waals surface area contributed by atoms with E-state index < -0.39 is 0 Å². The Hall–Kier alpha value is -2.07. The molecule has 1 N–H and O–H groups in total. The first kappa shape index (κ1) is 13.4. The molecule has 0 unspecified atom stereocenters. The summed E-state index contributed by atoms with van der Waals surface area (Å²) in [6.07, 6.45) is 1.74. The van der Waals surface area contributed by atoms with Gasteiger partial charge in [-0.25, -0.2) is 4.98 Å². The van der Waals surface area contributed by atoms with E-state index in [9.17, 15) is 0 Å². The highest BCUT2D eigenvalue weighted by Gasteiger charge is 2.06. The topological polar surface area (TPSA) is 37.4 Å². The predicted molar refractivity (Wildman–Crippen MR) is 77.8 cm³/mol. The Labute approximate surface area is 114 Å². The maximum atomic E-state index is 5.88. The summed E-state index contributed by atoms with van der Waals surface area (Å²) in [6, 6.07) is 11.9. The standard InChI is InChI=1S/C15H19N3O/c1-16-11-12-6-5-9-17-15(12)19-14-8-4-7-13(10-14)18(2)3/h4-10,16H,11H2,1-3H3. The van der Waals surface area contributed by atoms with Crippen molar-refractivity contribution in [3.8, 4) is 11.6 Å². The molecule has 1 aromatic carbocycles. The minimum atomic E-state index is 0.646. The van der Waals surface area contributed by atoms with Crippen LogP contribution in [-0.2, 0) is 6.54 Å². The van der Waals surface area contributed by atoms with E-state index in [1.165, 1.54) is 0 Å². The van der Waals surface area contributed by atoms with Crippen LogP contribution in [0.3, 0.4) is 0 Å². The van der Waals surface area contributed by atoms with Gasteiger partial charge in [-0.2, -0.15) is 0 Å². The zero-order chi connectivity index (χ0) is 13.7. The molecule has 0 atom stereocenters. The molecule has 4 nitrogen and oxygen atoms in total. The molecule has 19 heavy (non-hydrogen) atoms. The van der Waals surface area contributed by atoms with Gasteiger partial charge in [0.25, 0.3) is 0 Å². The quantitative estimate of drug-likeness (QED) is 0.893. The fourth-order valence-electron chi connectivity index (χ4n) is 1.78. The van der Waals surface area contributed by atoms with Crippen molar-refractivity contribution in [2.45, 2.75) is 6.54 Å². The summed E-state index contributed by atoms with van der Waals surface area (Å²) in [6.45, 7) is 0.733. The monoisotopic (exact) mass is 257 g/mol. The molecule has 0 radical (unpaired) electrons. The molecule has 0 saturated carbocycles. The second kappa shape index (κ2) is 6.20. The van der Waals surface area contributed by atoms with Gasteiger partial charge in [-0.15, -0.1) is 0 Å². The molecule has 4 heteroatoms. The summed E-state index contributed by atoms with van der Waals surface area (Å²) in [4.78, 5) is 6.33. The van der Waals surface area contributed by atoms with Crippen LogP contribution < -0.4 is 15.0 Å². The van der Waals surface area contributed by atoms with Crippen LogP contribution in [0, 0.1) is 0 Å². The van der Waals surface area contributed by atoms with Crippen molar-refractivity contribution >= 4 is 5.69 Å². The number of pyridine rings is 1. The van der Waals surface area contributed by atoms with Gasteiger partial charge in [0, 0.05) is 44.2 Å². The molecule has 100 valence electrons. The van der Waals surface area contributed by atoms with E-state index in [-0.39, 0.29) is 0 Å². The number of nitrogens with one attached hydrogen (secondary N) is 1. The molecule has 2 rings (SSSR count). The van der Waals surface area contributed by atoms with Crippen molar-refractivity contribution in [3.05, 3.63) is 48.2 Å². The lowest BCUT2D eigenvalue weighted by Crippen LogP contribution is -2.09. The van der Waals surface area contributed by atoms with Gasteiger partial charge in [-0.1, -0.05) is 12.1 Å². The molecule has 0 spiro atoms. The number of ether oxygens (including phenoxy) is 1. The highest BCUT2D eigenvalue weighted by molar-refractivity contribution is 5.50. The van der Waals surface area contributed by atoms with Crippen molar-refractivity contribution in [2.24, 2.45) is 0 Å². The van der Waals surface area contributed by atoms with Gasteiger partial charge in [-0.05, 0) is 25.2 Å². The smallest absolute Gasteiger partial charge is 0.223 e. The summed E-state index contributed by atoms with van der Waals surface area (Å²) in [5.41, 5.74) is 2.14. The normalized spacial score (nSPS) is 10.3. The fraction of sp³-hybridized carbons (Fsp3) is 0.267. The maximum absolute atomic E-state index is 5.88. The van der Waals surface area contributed by atoms with Crippen LogP contribution in [-0.4, -0.2) is 26.1 Å². The molecule has 0 aliphatic heterocycles. The summed E-state index contributed by atoms with van der Waals surface area (Å²) < 4.78 is 5.88. The Kier molecular flexibility index (Phi) is 4.36. The van der Waals surface area contributed by atoms with Crippen molar-refractivity contribution in [3.63, 3.8) is 0 Å². The van der Waals surface area contributed by atoms with Gasteiger partial charge in [-0.3, -0.25) is 0 Å². The average Bonchev–Trinajstić information content (AvgIpc) is 2.41. The Balaban J connectivity index is 2.23. The van der Waals surface area contributed by atoms with Crippen LogP contribution in [0.5, 0.6) is 11.6 Å². The lowest BCUT2D eigenvalue weighted by atomic mass is 10.2. The third kappa shape index (κ3) is 3.45. The second-order valence-corrected chi connectivity index (χ2v) is 4.49. The van der Waals surface area contributed by atoms with E-state index in [2.05, 4.69) is 10.3 Å². The molecule has 1 heterocycles. The zero-order valence-corrected chi connectivity index (χ0v) is 11.6. The average molecular weight is 257 g/mol. The summed E-state index contributed by atoms with van der Waals surface area (Å²) in [5.74, 6) is 1.44. The van der Waals surface area contributed by atoms with E-state index in [1.54, 1.807) is 6.20 Å². The number of aromatic nitrogens is 1. The Bertz CT molecular complexity index is 540. The molecule has 1 aromatic heterocycles. The van der Waals surface area contributed by atoms with Crippen LogP contribution in [0.1, 0.15) is 5.56 Å². The van der Waals surface area contributed by atoms with Crippen LogP contribution in [0.2, 0.25) is 0 Å². The van der Waals surface area contributed by atoms with Crippen molar-refractivity contribution in [1.29, 1.82) is 0 Å². The molecular weight excluding hydrogens is 238 g/mol. The van der Waals surface area contributed by atoms with Crippen LogP contribution in [0.4, 0.5) is 5.69 Å². The molecule has 0 bridgehead atoms. The summed E-state index contributed by atoms with van der Waals surface area (Å²) >= 11 is 0. The molecule has 0 amide bonds. The third-order valence-electron chi connectivity index (χ3n) is 2.77. The van der Waals surface area contributed by atoms with E-state index in [4.69, 9.17) is 4.74 Å². The fourth-order valence-corrected chi connectivity index (χ4v) is 1.78. The van der Waals surface area contributed by atoms with Crippen molar-refractivity contribution in [1.82, 2.24) is 10.3 Å². The van der Waals surface area contributed by atoms with Gasteiger partial charge in [0.15, 0.2) is 0 Å². The van der Waals surface area contributed by atoms with E-state index in [0.717, 1.165) is 23.5 Å². The SMILES string of the molecule is CNCc1cccnc1Oc1cccc(N(C)C)c1. The van der Waals surface area contributed by atoms with Crippen LogP contribution in [0.25, 0.3) is 0 Å². The Morgan fingerprint density at radius 1 is 1.21 bits per heavy atom. The van der Waals surface area contributed by atoms with Crippen molar-refractivity contribution < 1.29 is 4.74 Å². The molecule has 0 fully saturated rings. The Morgan fingerprint density at radius 2 is 2.05 bits per heavy atom. The summed E-state index contributed by atoms with van der Waals surface area (Å²) in [7, 11) is 5.92. The first-order chi connectivity index (χ1) is 9.20. The molecule has 0 aliphatic carbocycles. The van der Waals surface area contributed by atoms with E-state index >= 15 is 0 Å². The van der Waals surface area contributed by atoms with Gasteiger partial charge in [0.05, 0.1) is 0 Å². The first-order valence-corrected chi connectivity index (χ1v) is 6.24. The zero-order valence-electron chi connectivity index (χ0n) is 11.6. The lowest BCUT2D eigenvalue weighted by Gasteiger charge is -2.14. The molecule has 2 aromatic rings. The summed E-state index contributed by atoms with van der Waals surface area (Å²) in [5, 5.41) is 3.11. The van der Waals surface area contributed by atoms with Crippen LogP contribution in [0.15, 0.2) is 42.6 Å². The molecule has 0 aliphatic rings. The minimum absolute atomic E-state index is 0.646. The third-order valence-corrected chi connectivity index (χ3v) is 2.77. The van der Waals surface area contributed by atoms with Gasteiger partial charge >= 0.3 is 0 Å². The maximum Gasteiger partial charge on any atom is 0.223 e.